The van der Waals surface area contributed by atoms with Crippen LogP contribution < -0.4 is 5.32 Å². The highest BCUT2D eigenvalue weighted by molar-refractivity contribution is 6.33. The summed E-state index contributed by atoms with van der Waals surface area (Å²) >= 11 is 11.7. The molecule has 0 saturated heterocycles. The number of hydrogen-bond donors (Lipinski definition) is 1. The predicted octanol–water partition coefficient (Wildman–Crippen LogP) is 4.27. The maximum absolute atomic E-state index is 12.4. The van der Waals surface area contributed by atoms with E-state index in [1.54, 1.807) is 0 Å². The predicted molar refractivity (Wildman–Crippen MR) is 83.6 cm³/mol. The summed E-state index contributed by atoms with van der Waals surface area (Å²) in [5.41, 5.74) is 1.56. The van der Waals surface area contributed by atoms with Crippen LogP contribution >= 0.6 is 23.2 Å². The van der Waals surface area contributed by atoms with Gasteiger partial charge in [-0.1, -0.05) is 53.5 Å². The Labute approximate surface area is 133 Å². The van der Waals surface area contributed by atoms with Gasteiger partial charge in [-0.3, -0.25) is 4.79 Å². The molecule has 108 valence electrons. The van der Waals surface area contributed by atoms with Crippen molar-refractivity contribution in [1.29, 1.82) is 0 Å². The molecule has 3 rings (SSSR count). The Kier molecular flexibility index (Phi) is 4.13. The Bertz CT molecular complexity index is 636. The van der Waals surface area contributed by atoms with Crippen molar-refractivity contribution in [3.63, 3.8) is 0 Å². The van der Waals surface area contributed by atoms with Gasteiger partial charge in [-0.15, -0.1) is 0 Å². The highest BCUT2D eigenvalue weighted by Crippen LogP contribution is 2.41. The quantitative estimate of drug-likeness (QED) is 0.855. The highest BCUT2D eigenvalue weighted by atomic mass is 35.5. The molecule has 1 aromatic heterocycles. The van der Waals surface area contributed by atoms with Crippen LogP contribution in [-0.4, -0.2) is 10.9 Å². The molecule has 1 amide bonds. The molecule has 5 heteroatoms. The lowest BCUT2D eigenvalue weighted by Crippen LogP contribution is -2.29. The van der Waals surface area contributed by atoms with Crippen molar-refractivity contribution in [2.75, 3.05) is 0 Å². The monoisotopic (exact) mass is 320 g/mol. The summed E-state index contributed by atoms with van der Waals surface area (Å²) in [6.45, 7) is 0. The molecule has 1 aliphatic carbocycles. The molecule has 1 fully saturated rings. The van der Waals surface area contributed by atoms with Crippen molar-refractivity contribution in [2.24, 2.45) is 5.92 Å². The van der Waals surface area contributed by atoms with Crippen LogP contribution in [0.5, 0.6) is 0 Å². The summed E-state index contributed by atoms with van der Waals surface area (Å²) in [5.74, 6) is 0.325. The molecule has 2 aromatic rings. The fourth-order valence-electron chi connectivity index (χ4n) is 2.38. The van der Waals surface area contributed by atoms with Gasteiger partial charge in [-0.05, 0) is 36.5 Å². The summed E-state index contributed by atoms with van der Waals surface area (Å²) < 4.78 is 0. The normalized spacial score (nSPS) is 15.5. The minimum atomic E-state index is -0.179. The van der Waals surface area contributed by atoms with Crippen LogP contribution in [-0.2, 0) is 0 Å². The third kappa shape index (κ3) is 3.55. The Morgan fingerprint density at radius 1 is 1.14 bits per heavy atom. The van der Waals surface area contributed by atoms with E-state index in [0.717, 1.165) is 18.4 Å². The van der Waals surface area contributed by atoms with Gasteiger partial charge in [-0.25, -0.2) is 4.98 Å². The molecule has 21 heavy (non-hydrogen) atoms. The standard InChI is InChI=1S/C16H14Cl2N2O/c17-13-8-12(9-14(18)19-13)16(21)20-15(11-6-7-11)10-4-2-1-3-5-10/h1-5,8-9,11,15H,6-7H2,(H,20,21)/t15-/m1/s1. The van der Waals surface area contributed by atoms with E-state index in [1.165, 1.54) is 12.1 Å². The van der Waals surface area contributed by atoms with E-state index in [9.17, 15) is 4.79 Å². The van der Waals surface area contributed by atoms with Gasteiger partial charge < -0.3 is 5.32 Å². The summed E-state index contributed by atoms with van der Waals surface area (Å²) in [6.07, 6.45) is 2.27. The average molecular weight is 321 g/mol. The second-order valence-electron chi connectivity index (χ2n) is 5.20. The second kappa shape index (κ2) is 6.04. The van der Waals surface area contributed by atoms with Crippen molar-refractivity contribution in [1.82, 2.24) is 10.3 Å². The molecule has 0 spiro atoms. The third-order valence-corrected chi connectivity index (χ3v) is 3.95. The Hall–Kier alpha value is -1.58. The van der Waals surface area contributed by atoms with E-state index in [-0.39, 0.29) is 22.3 Å². The fourth-order valence-corrected chi connectivity index (χ4v) is 2.84. The maximum Gasteiger partial charge on any atom is 0.251 e. The molecule has 1 heterocycles. The molecule has 3 nitrogen and oxygen atoms in total. The number of halogens is 2. The van der Waals surface area contributed by atoms with Gasteiger partial charge in [0.25, 0.3) is 5.91 Å². The first-order chi connectivity index (χ1) is 10.1. The first-order valence-corrected chi connectivity index (χ1v) is 7.58. The number of carbonyl (C=O) groups is 1. The van der Waals surface area contributed by atoms with Crippen LogP contribution in [0.15, 0.2) is 42.5 Å². The van der Waals surface area contributed by atoms with Gasteiger partial charge in [0.05, 0.1) is 6.04 Å². The lowest BCUT2D eigenvalue weighted by atomic mass is 10.0. The molecular weight excluding hydrogens is 307 g/mol. The Morgan fingerprint density at radius 3 is 2.33 bits per heavy atom. The second-order valence-corrected chi connectivity index (χ2v) is 5.98. The van der Waals surface area contributed by atoms with Crippen molar-refractivity contribution in [3.8, 4) is 0 Å². The first kappa shape index (κ1) is 14.4. The molecule has 0 aliphatic heterocycles. The molecule has 1 aliphatic rings. The van der Waals surface area contributed by atoms with Crippen LogP contribution in [0, 0.1) is 5.92 Å². The summed E-state index contributed by atoms with van der Waals surface area (Å²) in [4.78, 5) is 16.3. The smallest absolute Gasteiger partial charge is 0.251 e. The van der Waals surface area contributed by atoms with E-state index >= 15 is 0 Å². The number of pyridine rings is 1. The average Bonchev–Trinajstić information content (AvgIpc) is 3.29. The van der Waals surface area contributed by atoms with E-state index in [2.05, 4.69) is 10.3 Å². The zero-order valence-electron chi connectivity index (χ0n) is 11.2. The number of nitrogens with zero attached hydrogens (tertiary/aromatic N) is 1. The number of hydrogen-bond acceptors (Lipinski definition) is 2. The highest BCUT2D eigenvalue weighted by Gasteiger charge is 2.33. The summed E-state index contributed by atoms with van der Waals surface area (Å²) in [5, 5.41) is 3.52. The lowest BCUT2D eigenvalue weighted by Gasteiger charge is -2.19. The minimum Gasteiger partial charge on any atom is -0.345 e. The zero-order valence-corrected chi connectivity index (χ0v) is 12.7. The van der Waals surface area contributed by atoms with E-state index in [0.29, 0.717) is 11.5 Å². The SMILES string of the molecule is O=C(N[C@H](c1ccccc1)C1CC1)c1cc(Cl)nc(Cl)c1. The first-order valence-electron chi connectivity index (χ1n) is 6.82. The van der Waals surface area contributed by atoms with Gasteiger partial charge in [0, 0.05) is 5.56 Å². The van der Waals surface area contributed by atoms with Gasteiger partial charge >= 0.3 is 0 Å². The van der Waals surface area contributed by atoms with E-state index in [1.807, 2.05) is 30.3 Å². The lowest BCUT2D eigenvalue weighted by molar-refractivity contribution is 0.0931. The minimum absolute atomic E-state index is 0.0319. The van der Waals surface area contributed by atoms with E-state index < -0.39 is 0 Å². The zero-order chi connectivity index (χ0) is 14.8. The van der Waals surface area contributed by atoms with Crippen molar-refractivity contribution in [2.45, 2.75) is 18.9 Å². The number of benzene rings is 1. The number of rotatable bonds is 4. The molecule has 1 aromatic carbocycles. The summed E-state index contributed by atoms with van der Waals surface area (Å²) in [7, 11) is 0. The third-order valence-electron chi connectivity index (χ3n) is 3.56. The maximum atomic E-state index is 12.4. The van der Waals surface area contributed by atoms with Gasteiger partial charge in [0.15, 0.2) is 0 Å². The van der Waals surface area contributed by atoms with Crippen molar-refractivity contribution in [3.05, 3.63) is 63.9 Å². The summed E-state index contributed by atoms with van der Waals surface area (Å²) in [6, 6.07) is 13.1. The molecule has 0 radical (unpaired) electrons. The van der Waals surface area contributed by atoms with E-state index in [4.69, 9.17) is 23.2 Å². The van der Waals surface area contributed by atoms with Crippen LogP contribution in [0.4, 0.5) is 0 Å². The number of carbonyl (C=O) groups excluding carboxylic acids is 1. The molecule has 0 bridgehead atoms. The fraction of sp³-hybridized carbons (Fsp3) is 0.250. The van der Waals surface area contributed by atoms with Crippen LogP contribution in [0.1, 0.15) is 34.8 Å². The topological polar surface area (TPSA) is 42.0 Å². The molecule has 1 N–H and O–H groups in total. The number of nitrogens with one attached hydrogen (secondary N) is 1. The van der Waals surface area contributed by atoms with Crippen molar-refractivity contribution >= 4 is 29.1 Å². The largest absolute Gasteiger partial charge is 0.345 e. The van der Waals surface area contributed by atoms with Crippen LogP contribution in [0.25, 0.3) is 0 Å². The van der Waals surface area contributed by atoms with Crippen LogP contribution in [0.2, 0.25) is 10.3 Å². The van der Waals surface area contributed by atoms with Crippen molar-refractivity contribution < 1.29 is 4.79 Å². The molecular formula is C16H14Cl2N2O. The van der Waals surface area contributed by atoms with Gasteiger partial charge in [0.2, 0.25) is 0 Å². The molecule has 1 atom stereocenters. The number of aromatic nitrogens is 1. The van der Waals surface area contributed by atoms with Crippen LogP contribution in [0.3, 0.4) is 0 Å². The van der Waals surface area contributed by atoms with Gasteiger partial charge in [0.1, 0.15) is 10.3 Å². The Morgan fingerprint density at radius 2 is 1.76 bits per heavy atom. The van der Waals surface area contributed by atoms with Gasteiger partial charge in [-0.2, -0.15) is 0 Å². The number of amides is 1. The molecule has 1 saturated carbocycles. The Balaban J connectivity index is 1.81. The molecule has 0 unspecified atom stereocenters.